The number of hydrogen-bond acceptors (Lipinski definition) is 7. The van der Waals surface area contributed by atoms with Gasteiger partial charge in [0, 0.05) is 34.9 Å². The van der Waals surface area contributed by atoms with Gasteiger partial charge in [0.1, 0.15) is 17.1 Å². The second-order valence-electron chi connectivity index (χ2n) is 7.81. The number of aryl methyl sites for hydroxylation is 3. The number of carbonyl (C=O) groups is 2. The molecule has 38 heavy (non-hydrogen) atoms. The number of allylic oxidation sites excluding steroid dienone is 2. The summed E-state index contributed by atoms with van der Waals surface area (Å²) in [7, 11) is 1.27. The molecule has 0 atom stereocenters. The Morgan fingerprint density at radius 1 is 1.13 bits per heavy atom. The highest BCUT2D eigenvalue weighted by Crippen LogP contribution is 2.18. The van der Waals surface area contributed by atoms with Crippen molar-refractivity contribution in [2.45, 2.75) is 92.9 Å². The maximum absolute atomic E-state index is 11.7. The van der Waals surface area contributed by atoms with Crippen LogP contribution in [0.1, 0.15) is 99.0 Å². The molecular weight excluding hydrogens is 502 g/mol. The van der Waals surface area contributed by atoms with E-state index < -0.39 is 17.5 Å². The van der Waals surface area contributed by atoms with Crippen LogP contribution in [0.25, 0.3) is 0 Å². The molecule has 2 aromatic rings. The lowest BCUT2D eigenvalue weighted by Crippen LogP contribution is -2.16. The van der Waals surface area contributed by atoms with Gasteiger partial charge in [-0.05, 0) is 44.7 Å². The van der Waals surface area contributed by atoms with Crippen molar-refractivity contribution < 1.29 is 23.8 Å². The Hall–Kier alpha value is -3.13. The molecule has 7 nitrogen and oxygen atoms in total. The third kappa shape index (κ3) is 17.3. The molecule has 0 aliphatic rings. The Morgan fingerprint density at radius 3 is 2.26 bits per heavy atom. The van der Waals surface area contributed by atoms with E-state index in [1.807, 2.05) is 31.3 Å². The number of hydrogen-bond donors (Lipinski definition) is 2. The molecule has 0 saturated carbocycles. The number of amides is 1. The van der Waals surface area contributed by atoms with Gasteiger partial charge < -0.3 is 14.3 Å². The first kappa shape index (κ1) is 37.0. The monoisotopic (exact) mass is 549 g/mol. The normalized spacial score (nSPS) is 9.66. The third-order valence-electron chi connectivity index (χ3n) is 4.77. The summed E-state index contributed by atoms with van der Waals surface area (Å²) in [4.78, 5) is 36.8. The predicted octanol–water partition coefficient (Wildman–Crippen LogP) is 8.14. The molecule has 0 aromatic carbocycles. The van der Waals surface area contributed by atoms with Crippen molar-refractivity contribution in [3.05, 3.63) is 74.6 Å². The molecule has 0 saturated heterocycles. The number of Topliss-reactive ketones (excluding diaryl/α,β-unsaturated/α-hetero) is 1. The first-order valence-electron chi connectivity index (χ1n) is 13.3. The fourth-order valence-electron chi connectivity index (χ4n) is 2.61. The van der Waals surface area contributed by atoms with Gasteiger partial charge in [-0.2, -0.15) is 0 Å². The lowest BCUT2D eigenvalue weighted by molar-refractivity contribution is 0.0980. The second kappa shape index (κ2) is 24.2. The maximum atomic E-state index is 11.7. The summed E-state index contributed by atoms with van der Waals surface area (Å²) in [5.74, 6) is -0.486. The van der Waals surface area contributed by atoms with Crippen LogP contribution in [0.15, 0.2) is 52.3 Å². The smallest absolute Gasteiger partial charge is 0.410 e. The first-order chi connectivity index (χ1) is 18.2. The van der Waals surface area contributed by atoms with E-state index >= 15 is 0 Å². The predicted molar refractivity (Wildman–Crippen MR) is 158 cm³/mol. The van der Waals surface area contributed by atoms with Crippen LogP contribution < -0.4 is 10.9 Å². The number of ketones is 1. The molecule has 0 spiro atoms. The summed E-state index contributed by atoms with van der Waals surface area (Å²) in [5.41, 5.74) is -1.11. The molecule has 2 aromatic heterocycles. The summed E-state index contributed by atoms with van der Waals surface area (Å²) in [5, 5.41) is 12.1. The zero-order chi connectivity index (χ0) is 29.3. The molecule has 2 N–H and O–H groups in total. The van der Waals surface area contributed by atoms with E-state index in [0.717, 1.165) is 12.8 Å². The quantitative estimate of drug-likeness (QED) is 0.166. The van der Waals surface area contributed by atoms with Crippen molar-refractivity contribution in [1.82, 2.24) is 5.32 Å². The number of ether oxygens (including phenoxy) is 1. The molecule has 2 heterocycles. The van der Waals surface area contributed by atoms with Crippen molar-refractivity contribution in [3.8, 4) is 5.75 Å². The van der Waals surface area contributed by atoms with Crippen molar-refractivity contribution in [1.29, 1.82) is 0 Å². The number of carbonyl (C=O) groups excluding carboxylic acids is 2. The van der Waals surface area contributed by atoms with Crippen molar-refractivity contribution in [2.75, 3.05) is 7.11 Å². The standard InChI is InChI=1S/C15H19NO6.C9H12S.C4H10.C2H6/c1-3-11(17)13-12(18)9-10(22-14(13)19)7-5-4-6-8-16-15(20)21-2;1-3-4-5-9-7-6-8(2)10-9;1-3-4-2;1-2/h6,8-9,18H,3-5,7H2,1-2H3,(H,16,20);3,6-7H,1,4-5H2,2H3;3-4H2,1-2H3;1-2H3/b8-6+;;;. The SMILES string of the molecule is C=CCCc1ccc(C)s1.CC.CCC(=O)c1c(O)cc(CCC/C=C/NC(=O)OC)oc1=O.CCCC. The molecule has 2 rings (SSSR count). The van der Waals surface area contributed by atoms with Crippen molar-refractivity contribution in [3.63, 3.8) is 0 Å². The van der Waals surface area contributed by atoms with Crippen LogP contribution in [0.3, 0.4) is 0 Å². The zero-order valence-electron chi connectivity index (χ0n) is 24.2. The first-order valence-corrected chi connectivity index (χ1v) is 14.1. The van der Waals surface area contributed by atoms with E-state index in [4.69, 9.17) is 4.42 Å². The third-order valence-corrected chi connectivity index (χ3v) is 5.83. The summed E-state index contributed by atoms with van der Waals surface area (Å²) in [6.07, 6.45) is 11.3. The van der Waals surface area contributed by atoms with E-state index in [1.54, 1.807) is 13.0 Å². The Kier molecular flexibility index (Phi) is 23.6. The molecule has 0 fully saturated rings. The highest BCUT2D eigenvalue weighted by Gasteiger charge is 2.17. The highest BCUT2D eigenvalue weighted by molar-refractivity contribution is 7.11. The van der Waals surface area contributed by atoms with E-state index in [-0.39, 0.29) is 17.7 Å². The summed E-state index contributed by atoms with van der Waals surface area (Å²) < 4.78 is 9.41. The summed E-state index contributed by atoms with van der Waals surface area (Å²) in [6.45, 7) is 15.8. The van der Waals surface area contributed by atoms with Crippen LogP contribution >= 0.6 is 11.3 Å². The molecule has 0 aliphatic heterocycles. The Labute approximate surface area is 232 Å². The molecule has 0 radical (unpaired) electrons. The van der Waals surface area contributed by atoms with Gasteiger partial charge in [0.25, 0.3) is 0 Å². The number of rotatable bonds is 11. The van der Waals surface area contributed by atoms with Crippen LogP contribution in [0.5, 0.6) is 5.75 Å². The van der Waals surface area contributed by atoms with E-state index in [2.05, 4.69) is 49.5 Å². The van der Waals surface area contributed by atoms with Crippen molar-refractivity contribution in [2.24, 2.45) is 0 Å². The minimum atomic E-state index is -0.815. The van der Waals surface area contributed by atoms with Crippen molar-refractivity contribution >= 4 is 23.2 Å². The molecule has 1 amide bonds. The number of thiophene rings is 1. The minimum Gasteiger partial charge on any atom is -0.507 e. The van der Waals surface area contributed by atoms with E-state index in [9.17, 15) is 19.5 Å². The van der Waals surface area contributed by atoms with Gasteiger partial charge in [-0.15, -0.1) is 17.9 Å². The Bertz CT molecular complexity index is 1000. The van der Waals surface area contributed by atoms with E-state index in [1.165, 1.54) is 42.0 Å². The van der Waals surface area contributed by atoms with Gasteiger partial charge >= 0.3 is 11.7 Å². The zero-order valence-corrected chi connectivity index (χ0v) is 25.0. The minimum absolute atomic E-state index is 0.121. The summed E-state index contributed by atoms with van der Waals surface area (Å²) in [6, 6.07) is 5.66. The topological polar surface area (TPSA) is 106 Å². The van der Waals surface area contributed by atoms with Gasteiger partial charge in [-0.25, -0.2) is 9.59 Å². The van der Waals surface area contributed by atoms with E-state index in [0.29, 0.717) is 25.0 Å². The van der Waals surface area contributed by atoms with Gasteiger partial charge in [0.05, 0.1) is 7.11 Å². The second-order valence-corrected chi connectivity index (χ2v) is 9.18. The average Bonchev–Trinajstić information content (AvgIpc) is 3.35. The molecule has 214 valence electrons. The van der Waals surface area contributed by atoms with Gasteiger partial charge in [0.2, 0.25) is 0 Å². The lowest BCUT2D eigenvalue weighted by atomic mass is 10.1. The molecule has 0 bridgehead atoms. The highest BCUT2D eigenvalue weighted by atomic mass is 32.1. The Balaban J connectivity index is 0. The van der Waals surface area contributed by atoms with Gasteiger partial charge in [-0.3, -0.25) is 10.1 Å². The molecule has 8 heteroatoms. The lowest BCUT2D eigenvalue weighted by Gasteiger charge is -2.03. The fraction of sp³-hybridized carbons (Fsp3) is 0.500. The number of aromatic hydroxyl groups is 1. The molecule has 0 unspecified atom stereocenters. The number of alkyl carbamates (subject to hydrolysis) is 1. The maximum Gasteiger partial charge on any atom is 0.410 e. The van der Waals surface area contributed by atoms with Crippen LogP contribution in [0.2, 0.25) is 0 Å². The van der Waals surface area contributed by atoms with Crippen LogP contribution in [-0.2, 0) is 17.6 Å². The molecule has 0 aliphatic carbocycles. The number of unbranched alkanes of at least 4 members (excludes halogenated alkanes) is 2. The largest absolute Gasteiger partial charge is 0.507 e. The summed E-state index contributed by atoms with van der Waals surface area (Å²) >= 11 is 1.88. The van der Waals surface area contributed by atoms with Crippen LogP contribution in [0, 0.1) is 6.92 Å². The number of methoxy groups -OCH3 is 1. The fourth-order valence-corrected chi connectivity index (χ4v) is 3.52. The van der Waals surface area contributed by atoms with Gasteiger partial charge in [-0.1, -0.05) is 59.6 Å². The average molecular weight is 550 g/mol. The van der Waals surface area contributed by atoms with Gasteiger partial charge in [0.15, 0.2) is 5.78 Å². The number of nitrogens with one attached hydrogen (secondary N) is 1. The molecular formula is C30H47NO6S. The van der Waals surface area contributed by atoms with Crippen LogP contribution in [0.4, 0.5) is 4.79 Å². The van der Waals surface area contributed by atoms with Crippen LogP contribution in [-0.4, -0.2) is 24.1 Å². The Morgan fingerprint density at radius 2 is 1.79 bits per heavy atom.